The molecule has 0 aromatic heterocycles. The molecule has 2 heteroatoms. The SMILES string of the molecule is O=P(CC1CC=CCC1)(CC1CC=CCC1)CC1CC=CCC1. The van der Waals surface area contributed by atoms with Gasteiger partial charge in [-0.2, -0.15) is 0 Å². The Bertz CT molecular complexity index is 431. The summed E-state index contributed by atoms with van der Waals surface area (Å²) in [5.41, 5.74) is 0. The summed E-state index contributed by atoms with van der Waals surface area (Å²) in [4.78, 5) is 0. The molecule has 3 aliphatic rings. The van der Waals surface area contributed by atoms with Gasteiger partial charge in [-0.1, -0.05) is 36.5 Å². The van der Waals surface area contributed by atoms with Crippen molar-refractivity contribution in [2.75, 3.05) is 18.5 Å². The van der Waals surface area contributed by atoms with Crippen LogP contribution < -0.4 is 0 Å². The number of rotatable bonds is 6. The minimum Gasteiger partial charge on any atom is -0.324 e. The predicted molar refractivity (Wildman–Crippen MR) is 102 cm³/mol. The molecule has 3 aliphatic carbocycles. The third-order valence-corrected chi connectivity index (χ3v) is 9.45. The summed E-state index contributed by atoms with van der Waals surface area (Å²) in [6, 6.07) is 0. The van der Waals surface area contributed by atoms with Crippen molar-refractivity contribution in [1.29, 1.82) is 0 Å². The van der Waals surface area contributed by atoms with Crippen molar-refractivity contribution in [1.82, 2.24) is 0 Å². The average Bonchev–Trinajstić information content (AvgIpc) is 2.57. The molecule has 0 heterocycles. The van der Waals surface area contributed by atoms with E-state index in [1.54, 1.807) is 0 Å². The fourth-order valence-electron chi connectivity index (χ4n) is 4.70. The molecule has 3 unspecified atom stereocenters. The summed E-state index contributed by atoms with van der Waals surface area (Å²) in [7, 11) is -2.03. The Kier molecular flexibility index (Phi) is 6.40. The summed E-state index contributed by atoms with van der Waals surface area (Å²) < 4.78 is 13.9. The van der Waals surface area contributed by atoms with Crippen LogP contribution in [0.4, 0.5) is 0 Å². The summed E-state index contributed by atoms with van der Waals surface area (Å²) in [5.74, 6) is 2.05. The summed E-state index contributed by atoms with van der Waals surface area (Å²) in [5, 5.41) is 0. The zero-order valence-electron chi connectivity index (χ0n) is 14.5. The maximum atomic E-state index is 13.9. The molecule has 3 atom stereocenters. The van der Waals surface area contributed by atoms with E-state index in [0.717, 1.165) is 18.5 Å². The fraction of sp³-hybridized carbons (Fsp3) is 0.714. The van der Waals surface area contributed by atoms with Gasteiger partial charge in [-0.05, 0) is 75.5 Å². The van der Waals surface area contributed by atoms with Gasteiger partial charge in [0.25, 0.3) is 0 Å². The molecule has 1 nitrogen and oxygen atoms in total. The van der Waals surface area contributed by atoms with E-state index in [0.29, 0.717) is 17.8 Å². The molecule has 0 bridgehead atoms. The molecular formula is C21H33OP. The standard InChI is InChI=1S/C21H33OP/c22-23(16-19-10-4-1-5-11-19,17-20-12-6-2-7-13-20)18-21-14-8-3-9-15-21/h1-4,6,8,19-21H,5,7,9-18H2. The van der Waals surface area contributed by atoms with Gasteiger partial charge in [0.05, 0.1) is 7.14 Å². The smallest absolute Gasteiger partial charge is 0.0886 e. The Labute approximate surface area is 142 Å². The molecule has 0 amide bonds. The highest BCUT2D eigenvalue weighted by atomic mass is 31.2. The van der Waals surface area contributed by atoms with E-state index in [9.17, 15) is 4.57 Å². The zero-order valence-corrected chi connectivity index (χ0v) is 15.4. The van der Waals surface area contributed by atoms with Crippen molar-refractivity contribution >= 4 is 7.14 Å². The Morgan fingerprint density at radius 2 is 0.957 bits per heavy atom. The van der Waals surface area contributed by atoms with Gasteiger partial charge in [-0.3, -0.25) is 0 Å². The molecule has 128 valence electrons. The van der Waals surface area contributed by atoms with Crippen molar-refractivity contribution < 1.29 is 4.57 Å². The molecule has 0 aromatic carbocycles. The van der Waals surface area contributed by atoms with Gasteiger partial charge in [0, 0.05) is 18.5 Å². The Morgan fingerprint density at radius 3 is 1.22 bits per heavy atom. The van der Waals surface area contributed by atoms with Crippen LogP contribution in [0, 0.1) is 17.8 Å². The molecule has 23 heavy (non-hydrogen) atoms. The van der Waals surface area contributed by atoms with Crippen molar-refractivity contribution in [3.63, 3.8) is 0 Å². The molecule has 0 aromatic rings. The molecule has 0 radical (unpaired) electrons. The number of allylic oxidation sites excluding steroid dienone is 6. The fourth-order valence-corrected chi connectivity index (χ4v) is 8.97. The Morgan fingerprint density at radius 1 is 0.609 bits per heavy atom. The minimum atomic E-state index is -2.03. The third kappa shape index (κ3) is 5.49. The lowest BCUT2D eigenvalue weighted by molar-refractivity contribution is 0.469. The van der Waals surface area contributed by atoms with Gasteiger partial charge in [0.1, 0.15) is 0 Å². The quantitative estimate of drug-likeness (QED) is 0.405. The topological polar surface area (TPSA) is 17.1 Å². The molecule has 0 saturated carbocycles. The van der Waals surface area contributed by atoms with Crippen molar-refractivity contribution in [2.45, 2.75) is 57.8 Å². The monoisotopic (exact) mass is 332 g/mol. The highest BCUT2D eigenvalue weighted by Gasteiger charge is 2.32. The van der Waals surface area contributed by atoms with Gasteiger partial charge in [0.2, 0.25) is 0 Å². The average molecular weight is 332 g/mol. The molecule has 3 rings (SSSR count). The summed E-state index contributed by atoms with van der Waals surface area (Å²) >= 11 is 0. The highest BCUT2D eigenvalue weighted by molar-refractivity contribution is 7.64. The molecule has 0 aliphatic heterocycles. The second-order valence-corrected chi connectivity index (χ2v) is 11.3. The summed E-state index contributed by atoms with van der Waals surface area (Å²) in [6.07, 6.45) is 27.8. The maximum absolute atomic E-state index is 13.9. The van der Waals surface area contributed by atoms with Gasteiger partial charge in [-0.25, -0.2) is 0 Å². The van der Waals surface area contributed by atoms with Crippen LogP contribution >= 0.6 is 7.14 Å². The Hall–Kier alpha value is -0.550. The lowest BCUT2D eigenvalue weighted by atomic mass is 9.96. The van der Waals surface area contributed by atoms with Crippen LogP contribution in [0.25, 0.3) is 0 Å². The lowest BCUT2D eigenvalue weighted by Gasteiger charge is -2.32. The second kappa shape index (κ2) is 8.52. The summed E-state index contributed by atoms with van der Waals surface area (Å²) in [6.45, 7) is 0. The molecular weight excluding hydrogens is 299 g/mol. The van der Waals surface area contributed by atoms with E-state index >= 15 is 0 Å². The number of hydrogen-bond donors (Lipinski definition) is 0. The van der Waals surface area contributed by atoms with Crippen LogP contribution in [0.2, 0.25) is 0 Å². The van der Waals surface area contributed by atoms with E-state index < -0.39 is 7.14 Å². The Balaban J connectivity index is 1.65. The first-order chi connectivity index (χ1) is 11.2. The first-order valence-electron chi connectivity index (χ1n) is 9.75. The van der Waals surface area contributed by atoms with Gasteiger partial charge >= 0.3 is 0 Å². The lowest BCUT2D eigenvalue weighted by Crippen LogP contribution is -2.20. The van der Waals surface area contributed by atoms with Crippen LogP contribution in [0.1, 0.15) is 57.8 Å². The van der Waals surface area contributed by atoms with Crippen molar-refractivity contribution in [3.05, 3.63) is 36.5 Å². The van der Waals surface area contributed by atoms with E-state index in [-0.39, 0.29) is 0 Å². The zero-order chi connectivity index (χ0) is 16.0. The third-order valence-electron chi connectivity index (χ3n) is 5.91. The van der Waals surface area contributed by atoms with E-state index in [2.05, 4.69) is 36.5 Å². The molecule has 0 saturated heterocycles. The first kappa shape index (κ1) is 17.3. The first-order valence-corrected chi connectivity index (χ1v) is 12.0. The van der Waals surface area contributed by atoms with E-state index in [1.165, 1.54) is 57.8 Å². The van der Waals surface area contributed by atoms with Gasteiger partial charge in [-0.15, -0.1) is 0 Å². The number of hydrogen-bond acceptors (Lipinski definition) is 1. The van der Waals surface area contributed by atoms with Crippen LogP contribution in [0.3, 0.4) is 0 Å². The van der Waals surface area contributed by atoms with Crippen molar-refractivity contribution in [3.8, 4) is 0 Å². The predicted octanol–water partition coefficient (Wildman–Crippen LogP) is 6.42. The van der Waals surface area contributed by atoms with Crippen LogP contribution in [-0.2, 0) is 4.57 Å². The van der Waals surface area contributed by atoms with Crippen LogP contribution in [0.5, 0.6) is 0 Å². The van der Waals surface area contributed by atoms with Crippen molar-refractivity contribution in [2.24, 2.45) is 17.8 Å². The van der Waals surface area contributed by atoms with Gasteiger partial charge < -0.3 is 4.57 Å². The van der Waals surface area contributed by atoms with E-state index in [1.807, 2.05) is 0 Å². The van der Waals surface area contributed by atoms with Crippen LogP contribution in [-0.4, -0.2) is 18.5 Å². The molecule has 0 fully saturated rings. The minimum absolute atomic E-state index is 0.684. The molecule has 0 spiro atoms. The normalized spacial score (nSPS) is 33.5. The largest absolute Gasteiger partial charge is 0.324 e. The van der Waals surface area contributed by atoms with Gasteiger partial charge in [0.15, 0.2) is 0 Å². The molecule has 0 N–H and O–H groups in total. The highest BCUT2D eigenvalue weighted by Crippen LogP contribution is 2.54. The maximum Gasteiger partial charge on any atom is 0.0886 e. The van der Waals surface area contributed by atoms with E-state index in [4.69, 9.17) is 0 Å². The van der Waals surface area contributed by atoms with Crippen LogP contribution in [0.15, 0.2) is 36.5 Å². The second-order valence-electron chi connectivity index (χ2n) is 8.06.